The van der Waals surface area contributed by atoms with Crippen LogP contribution in [-0.2, 0) is 6.54 Å². The zero-order chi connectivity index (χ0) is 14.0. The van der Waals surface area contributed by atoms with Crippen LogP contribution in [0.15, 0.2) is 24.5 Å². The number of nitrogens with one attached hydrogen (secondary N) is 1. The van der Waals surface area contributed by atoms with Gasteiger partial charge in [0.05, 0.1) is 0 Å². The number of aromatic amines is 1. The normalized spacial score (nSPS) is 13.5. The molecule has 5 heteroatoms. The van der Waals surface area contributed by atoms with Crippen molar-refractivity contribution in [3.8, 4) is 11.4 Å². The quantitative estimate of drug-likeness (QED) is 0.870. The van der Waals surface area contributed by atoms with Crippen molar-refractivity contribution in [2.75, 3.05) is 0 Å². The van der Waals surface area contributed by atoms with E-state index in [2.05, 4.69) is 47.4 Å². The highest BCUT2D eigenvalue weighted by molar-refractivity contribution is 7.71. The van der Waals surface area contributed by atoms with Gasteiger partial charge in [-0.1, -0.05) is 27.7 Å². The first kappa shape index (κ1) is 13.9. The van der Waals surface area contributed by atoms with Gasteiger partial charge >= 0.3 is 0 Å². The van der Waals surface area contributed by atoms with Gasteiger partial charge in [0.1, 0.15) is 0 Å². The van der Waals surface area contributed by atoms with Gasteiger partial charge in [0.25, 0.3) is 0 Å². The van der Waals surface area contributed by atoms with Crippen molar-refractivity contribution >= 4 is 12.2 Å². The van der Waals surface area contributed by atoms with Gasteiger partial charge in [0, 0.05) is 24.5 Å². The van der Waals surface area contributed by atoms with Gasteiger partial charge in [-0.2, -0.15) is 5.10 Å². The molecule has 1 N–H and O–H groups in total. The van der Waals surface area contributed by atoms with Crippen molar-refractivity contribution in [3.05, 3.63) is 29.3 Å². The topological polar surface area (TPSA) is 46.5 Å². The Morgan fingerprint density at radius 2 is 2.16 bits per heavy atom. The fraction of sp³-hybridized carbons (Fsp3) is 0.500. The number of aromatic nitrogens is 4. The summed E-state index contributed by atoms with van der Waals surface area (Å²) in [7, 11) is 0. The van der Waals surface area contributed by atoms with Gasteiger partial charge in [-0.15, -0.1) is 0 Å². The van der Waals surface area contributed by atoms with Crippen LogP contribution in [0.5, 0.6) is 0 Å². The summed E-state index contributed by atoms with van der Waals surface area (Å²) in [6.45, 7) is 9.81. The van der Waals surface area contributed by atoms with E-state index in [9.17, 15) is 0 Å². The van der Waals surface area contributed by atoms with E-state index >= 15 is 0 Å². The molecule has 1 atom stereocenters. The molecule has 102 valence electrons. The lowest BCUT2D eigenvalue weighted by molar-refractivity contribution is 0.232. The second kappa shape index (κ2) is 5.25. The minimum absolute atomic E-state index is 0.234. The van der Waals surface area contributed by atoms with Gasteiger partial charge in [0.2, 0.25) is 0 Å². The second-order valence-corrected chi connectivity index (χ2v) is 6.36. The van der Waals surface area contributed by atoms with Crippen molar-refractivity contribution in [1.82, 2.24) is 19.7 Å². The first-order valence-corrected chi connectivity index (χ1v) is 6.86. The highest BCUT2D eigenvalue weighted by atomic mass is 32.1. The standard InChI is InChI=1S/C14H20N4S/c1-10(14(2,3)4)9-18-12(16-17-13(18)19)11-6-5-7-15-8-11/h5-8,10H,9H2,1-4H3,(H,17,19). The van der Waals surface area contributed by atoms with Crippen LogP contribution >= 0.6 is 12.2 Å². The van der Waals surface area contributed by atoms with Crippen LogP contribution in [0.25, 0.3) is 11.4 Å². The van der Waals surface area contributed by atoms with E-state index in [0.29, 0.717) is 10.7 Å². The van der Waals surface area contributed by atoms with Crippen molar-refractivity contribution in [2.24, 2.45) is 11.3 Å². The van der Waals surface area contributed by atoms with Crippen LogP contribution in [0.3, 0.4) is 0 Å². The molecule has 0 bridgehead atoms. The summed E-state index contributed by atoms with van der Waals surface area (Å²) < 4.78 is 2.72. The number of nitrogens with zero attached hydrogens (tertiary/aromatic N) is 3. The monoisotopic (exact) mass is 276 g/mol. The Morgan fingerprint density at radius 3 is 2.74 bits per heavy atom. The summed E-state index contributed by atoms with van der Waals surface area (Å²) in [5, 5.41) is 7.21. The number of rotatable bonds is 3. The van der Waals surface area contributed by atoms with Crippen molar-refractivity contribution in [3.63, 3.8) is 0 Å². The highest BCUT2D eigenvalue weighted by Crippen LogP contribution is 2.28. The largest absolute Gasteiger partial charge is 0.300 e. The summed E-state index contributed by atoms with van der Waals surface area (Å²) in [5.74, 6) is 1.35. The third-order valence-electron chi connectivity index (χ3n) is 3.61. The molecular weight excluding hydrogens is 256 g/mol. The molecule has 2 aromatic heterocycles. The molecule has 0 radical (unpaired) electrons. The second-order valence-electron chi connectivity index (χ2n) is 5.97. The molecule has 19 heavy (non-hydrogen) atoms. The molecule has 0 aromatic carbocycles. The van der Waals surface area contributed by atoms with E-state index < -0.39 is 0 Å². The average Bonchev–Trinajstić information content (AvgIpc) is 2.71. The number of H-pyrrole nitrogens is 1. The molecule has 0 fully saturated rings. The lowest BCUT2D eigenvalue weighted by Crippen LogP contribution is -2.22. The first-order valence-electron chi connectivity index (χ1n) is 6.45. The minimum atomic E-state index is 0.234. The third-order valence-corrected chi connectivity index (χ3v) is 3.92. The number of pyridine rings is 1. The van der Waals surface area contributed by atoms with E-state index in [1.807, 2.05) is 18.3 Å². The van der Waals surface area contributed by atoms with Crippen LogP contribution in [0, 0.1) is 16.1 Å². The maximum atomic E-state index is 5.34. The molecular formula is C14H20N4S. The minimum Gasteiger partial charge on any atom is -0.300 e. The van der Waals surface area contributed by atoms with Crippen molar-refractivity contribution < 1.29 is 0 Å². The summed E-state index contributed by atoms with van der Waals surface area (Å²) in [6.07, 6.45) is 3.57. The molecule has 0 amide bonds. The molecule has 2 heterocycles. The van der Waals surface area contributed by atoms with E-state index in [-0.39, 0.29) is 5.41 Å². The lowest BCUT2D eigenvalue weighted by Gasteiger charge is -2.27. The maximum absolute atomic E-state index is 5.34. The summed E-state index contributed by atoms with van der Waals surface area (Å²) in [6, 6.07) is 3.90. The zero-order valence-electron chi connectivity index (χ0n) is 11.8. The van der Waals surface area contributed by atoms with Gasteiger partial charge < -0.3 is 0 Å². The van der Waals surface area contributed by atoms with Gasteiger partial charge in [-0.25, -0.2) is 0 Å². The molecule has 2 rings (SSSR count). The van der Waals surface area contributed by atoms with E-state index in [4.69, 9.17) is 12.2 Å². The van der Waals surface area contributed by atoms with Gasteiger partial charge in [0.15, 0.2) is 10.6 Å². The third kappa shape index (κ3) is 3.10. The Hall–Kier alpha value is -1.49. The van der Waals surface area contributed by atoms with Crippen LogP contribution < -0.4 is 0 Å². The Balaban J connectivity index is 2.37. The summed E-state index contributed by atoms with van der Waals surface area (Å²) in [4.78, 5) is 4.14. The maximum Gasteiger partial charge on any atom is 0.195 e. The molecule has 0 aliphatic carbocycles. The molecule has 1 unspecified atom stereocenters. The molecule has 2 aromatic rings. The van der Waals surface area contributed by atoms with Gasteiger partial charge in [-0.3, -0.25) is 14.6 Å². The van der Waals surface area contributed by atoms with Crippen LogP contribution in [0.4, 0.5) is 0 Å². The number of hydrogen-bond acceptors (Lipinski definition) is 3. The fourth-order valence-corrected chi connectivity index (χ4v) is 1.96. The highest BCUT2D eigenvalue weighted by Gasteiger charge is 2.22. The van der Waals surface area contributed by atoms with Crippen LogP contribution in [-0.4, -0.2) is 19.7 Å². The SMILES string of the molecule is CC(Cn1c(-c2cccnc2)n[nH]c1=S)C(C)(C)C. The Morgan fingerprint density at radius 1 is 1.42 bits per heavy atom. The van der Waals surface area contributed by atoms with Crippen molar-refractivity contribution in [1.29, 1.82) is 0 Å². The van der Waals surface area contributed by atoms with E-state index in [0.717, 1.165) is 17.9 Å². The molecule has 0 spiro atoms. The van der Waals surface area contributed by atoms with Gasteiger partial charge in [-0.05, 0) is 35.7 Å². The lowest BCUT2D eigenvalue weighted by atomic mass is 9.82. The molecule has 4 nitrogen and oxygen atoms in total. The predicted molar refractivity (Wildman–Crippen MR) is 79.3 cm³/mol. The van der Waals surface area contributed by atoms with Crippen LogP contribution in [0.2, 0.25) is 0 Å². The van der Waals surface area contributed by atoms with E-state index in [1.54, 1.807) is 6.20 Å². The Bertz CT molecular complexity index is 592. The molecule has 0 saturated carbocycles. The summed E-state index contributed by atoms with van der Waals surface area (Å²) >= 11 is 5.34. The zero-order valence-corrected chi connectivity index (χ0v) is 12.7. The molecule has 0 aliphatic rings. The fourth-order valence-electron chi connectivity index (χ4n) is 1.75. The Kier molecular flexibility index (Phi) is 3.85. The average molecular weight is 276 g/mol. The van der Waals surface area contributed by atoms with E-state index in [1.165, 1.54) is 0 Å². The summed E-state index contributed by atoms with van der Waals surface area (Å²) in [5.41, 5.74) is 1.22. The first-order chi connectivity index (χ1) is 8.89. The van der Waals surface area contributed by atoms with Crippen molar-refractivity contribution in [2.45, 2.75) is 34.2 Å². The molecule has 0 aliphatic heterocycles. The number of hydrogen-bond donors (Lipinski definition) is 1. The van der Waals surface area contributed by atoms with Crippen LogP contribution in [0.1, 0.15) is 27.7 Å². The predicted octanol–water partition coefficient (Wildman–Crippen LogP) is 3.68. The molecule has 0 saturated heterocycles. The Labute approximate surface area is 118 Å². The smallest absolute Gasteiger partial charge is 0.195 e.